The molecule has 5 rings (SSSR count). The van der Waals surface area contributed by atoms with Gasteiger partial charge in [-0.1, -0.05) is 54.6 Å². The molecule has 0 spiro atoms. The van der Waals surface area contributed by atoms with E-state index in [1.54, 1.807) is 91.0 Å². The van der Waals surface area contributed by atoms with Gasteiger partial charge in [0, 0.05) is 6.04 Å². The Morgan fingerprint density at radius 1 is 0.700 bits per heavy atom. The van der Waals surface area contributed by atoms with E-state index in [0.717, 1.165) is 19.4 Å². The summed E-state index contributed by atoms with van der Waals surface area (Å²) in [5.41, 5.74) is 0.332. The highest BCUT2D eigenvalue weighted by Crippen LogP contribution is 2.36. The first-order valence-electron chi connectivity index (χ1n) is 13.2. The van der Waals surface area contributed by atoms with Gasteiger partial charge in [-0.15, -0.1) is 11.8 Å². The fourth-order valence-corrected chi connectivity index (χ4v) is 5.75. The smallest absolute Gasteiger partial charge is 0.338 e. The molecule has 2 fully saturated rings. The molecule has 0 amide bonds. The summed E-state index contributed by atoms with van der Waals surface area (Å²) in [5.74, 6) is -1.81. The van der Waals surface area contributed by atoms with Crippen LogP contribution in [-0.4, -0.2) is 66.6 Å². The van der Waals surface area contributed by atoms with E-state index in [0.29, 0.717) is 16.7 Å². The zero-order valence-corrected chi connectivity index (χ0v) is 22.8. The standard InChI is InChI=1S/C31H31NO7S/c1-40-31-27(38-30(35)22-16-9-4-10-17-22)26(37-29(34)21-14-7-3-8-15-21)25(24(39-31)23-18-11-19-32-23)36-28(33)20-12-5-2-6-13-20/h2-10,12-17,23-27,31-32H,11,18-19H2,1H3/t23-,24-,25?,26?,27-,31?/m1/s1. The van der Waals surface area contributed by atoms with E-state index < -0.39 is 47.8 Å². The number of esters is 3. The largest absolute Gasteiger partial charge is 0.452 e. The summed E-state index contributed by atoms with van der Waals surface area (Å²) in [6, 6.07) is 25.5. The lowest BCUT2D eigenvalue weighted by atomic mass is 9.93. The molecule has 0 aromatic heterocycles. The normalized spacial score (nSPS) is 26.0. The first-order valence-corrected chi connectivity index (χ1v) is 14.5. The molecule has 3 aromatic carbocycles. The minimum absolute atomic E-state index is 0.146. The molecule has 208 valence electrons. The highest BCUT2D eigenvalue weighted by molar-refractivity contribution is 7.99. The Bertz CT molecular complexity index is 1280. The first-order chi connectivity index (χ1) is 19.5. The van der Waals surface area contributed by atoms with Gasteiger partial charge in [0.2, 0.25) is 0 Å². The van der Waals surface area contributed by atoms with Crippen molar-refractivity contribution in [1.82, 2.24) is 5.32 Å². The molecule has 8 nitrogen and oxygen atoms in total. The topological polar surface area (TPSA) is 100 Å². The van der Waals surface area contributed by atoms with E-state index in [1.165, 1.54) is 11.8 Å². The second-order valence-corrected chi connectivity index (χ2v) is 10.6. The zero-order chi connectivity index (χ0) is 27.9. The van der Waals surface area contributed by atoms with Crippen LogP contribution in [0.4, 0.5) is 0 Å². The van der Waals surface area contributed by atoms with Gasteiger partial charge in [-0.2, -0.15) is 0 Å². The van der Waals surface area contributed by atoms with Crippen LogP contribution in [0.1, 0.15) is 43.9 Å². The number of carbonyl (C=O) groups excluding carboxylic acids is 3. The van der Waals surface area contributed by atoms with Gasteiger partial charge in [0.25, 0.3) is 0 Å². The van der Waals surface area contributed by atoms with E-state index in [9.17, 15) is 14.4 Å². The molecular formula is C31H31NO7S. The summed E-state index contributed by atoms with van der Waals surface area (Å²) in [4.78, 5) is 39.9. The van der Waals surface area contributed by atoms with Gasteiger partial charge < -0.3 is 24.3 Å². The summed E-state index contributed by atoms with van der Waals surface area (Å²) in [7, 11) is 0. The van der Waals surface area contributed by atoms with Crippen molar-refractivity contribution >= 4 is 29.7 Å². The minimum atomic E-state index is -1.13. The third-order valence-electron chi connectivity index (χ3n) is 7.02. The average Bonchev–Trinajstić information content (AvgIpc) is 3.55. The van der Waals surface area contributed by atoms with Crippen molar-refractivity contribution in [1.29, 1.82) is 0 Å². The molecule has 9 heteroatoms. The summed E-state index contributed by atoms with van der Waals surface area (Å²) >= 11 is 1.34. The third kappa shape index (κ3) is 6.38. The van der Waals surface area contributed by atoms with Gasteiger partial charge in [0.1, 0.15) is 11.5 Å². The number of carbonyl (C=O) groups is 3. The van der Waals surface area contributed by atoms with Crippen molar-refractivity contribution in [3.8, 4) is 0 Å². The van der Waals surface area contributed by atoms with E-state index in [4.69, 9.17) is 18.9 Å². The molecule has 0 radical (unpaired) electrons. The lowest BCUT2D eigenvalue weighted by Gasteiger charge is -2.46. The minimum Gasteiger partial charge on any atom is -0.452 e. The number of benzene rings is 3. The van der Waals surface area contributed by atoms with Crippen LogP contribution >= 0.6 is 11.8 Å². The summed E-state index contributed by atoms with van der Waals surface area (Å²) in [6.07, 6.45) is -0.332. The number of ether oxygens (including phenoxy) is 4. The van der Waals surface area contributed by atoms with Gasteiger partial charge >= 0.3 is 17.9 Å². The van der Waals surface area contributed by atoms with Crippen molar-refractivity contribution in [3.05, 3.63) is 108 Å². The third-order valence-corrected chi connectivity index (χ3v) is 7.86. The van der Waals surface area contributed by atoms with Crippen LogP contribution in [0, 0.1) is 0 Å². The molecule has 2 saturated heterocycles. The van der Waals surface area contributed by atoms with E-state index in [-0.39, 0.29) is 6.04 Å². The van der Waals surface area contributed by atoms with Crippen molar-refractivity contribution < 1.29 is 33.3 Å². The Morgan fingerprint density at radius 2 is 1.15 bits per heavy atom. The van der Waals surface area contributed by atoms with Crippen molar-refractivity contribution in [2.45, 2.75) is 48.7 Å². The molecule has 2 heterocycles. The van der Waals surface area contributed by atoms with Crippen molar-refractivity contribution in [2.75, 3.05) is 12.8 Å². The maximum Gasteiger partial charge on any atom is 0.338 e. The Hall–Kier alpha value is -3.66. The van der Waals surface area contributed by atoms with Crippen LogP contribution in [0.5, 0.6) is 0 Å². The lowest BCUT2D eigenvalue weighted by molar-refractivity contribution is -0.205. The SMILES string of the molecule is CSC1O[C@H]([C@H]2CCCN2)C(OC(=O)c2ccccc2)C(OC(=O)c2ccccc2)[C@H]1OC(=O)c1ccccc1. The van der Waals surface area contributed by atoms with Crippen LogP contribution < -0.4 is 5.32 Å². The first kappa shape index (κ1) is 27.9. The Kier molecular flexibility index (Phi) is 9.15. The Balaban J connectivity index is 1.52. The number of thioether (sulfide) groups is 1. The number of hydrogen-bond acceptors (Lipinski definition) is 9. The Morgan fingerprint density at radius 3 is 1.57 bits per heavy atom. The predicted octanol–water partition coefficient (Wildman–Crippen LogP) is 4.50. The van der Waals surface area contributed by atoms with Gasteiger partial charge in [-0.25, -0.2) is 14.4 Å². The monoisotopic (exact) mass is 561 g/mol. The zero-order valence-electron chi connectivity index (χ0n) is 22.0. The molecule has 0 bridgehead atoms. The summed E-state index contributed by atoms with van der Waals surface area (Å²) in [5, 5.41) is 3.43. The highest BCUT2D eigenvalue weighted by Gasteiger charge is 2.54. The second-order valence-electron chi connectivity index (χ2n) is 9.62. The van der Waals surface area contributed by atoms with E-state index >= 15 is 0 Å². The molecule has 6 atom stereocenters. The number of rotatable bonds is 8. The maximum absolute atomic E-state index is 13.4. The molecule has 2 aliphatic heterocycles. The molecule has 2 aliphatic rings. The summed E-state index contributed by atoms with van der Waals surface area (Å²) < 4.78 is 24.6. The second kappa shape index (κ2) is 13.1. The van der Waals surface area contributed by atoms with Crippen LogP contribution in [-0.2, 0) is 18.9 Å². The Labute approximate surface area is 237 Å². The quantitative estimate of drug-likeness (QED) is 0.315. The number of hydrogen-bond donors (Lipinski definition) is 1. The van der Waals surface area contributed by atoms with Crippen LogP contribution in [0.25, 0.3) is 0 Å². The summed E-state index contributed by atoms with van der Waals surface area (Å²) in [6.45, 7) is 0.786. The predicted molar refractivity (Wildman–Crippen MR) is 150 cm³/mol. The highest BCUT2D eigenvalue weighted by atomic mass is 32.2. The van der Waals surface area contributed by atoms with E-state index in [1.807, 2.05) is 6.26 Å². The molecule has 1 N–H and O–H groups in total. The number of nitrogens with one attached hydrogen (secondary N) is 1. The van der Waals surface area contributed by atoms with Crippen LogP contribution in [0.15, 0.2) is 91.0 Å². The average molecular weight is 562 g/mol. The lowest BCUT2D eigenvalue weighted by Crippen LogP contribution is -2.64. The fraction of sp³-hybridized carbons (Fsp3) is 0.323. The van der Waals surface area contributed by atoms with E-state index in [2.05, 4.69) is 5.32 Å². The molecule has 3 aromatic rings. The van der Waals surface area contributed by atoms with Crippen LogP contribution in [0.3, 0.4) is 0 Å². The van der Waals surface area contributed by atoms with Gasteiger partial charge in [-0.3, -0.25) is 0 Å². The molecule has 3 unspecified atom stereocenters. The fourth-order valence-electron chi connectivity index (χ4n) is 5.03. The van der Waals surface area contributed by atoms with Gasteiger partial charge in [-0.05, 0) is 62.0 Å². The molecular weight excluding hydrogens is 530 g/mol. The van der Waals surface area contributed by atoms with Gasteiger partial charge in [0.15, 0.2) is 18.3 Å². The molecule has 40 heavy (non-hydrogen) atoms. The molecule has 0 aliphatic carbocycles. The van der Waals surface area contributed by atoms with Crippen molar-refractivity contribution in [3.63, 3.8) is 0 Å². The maximum atomic E-state index is 13.4. The van der Waals surface area contributed by atoms with Crippen LogP contribution in [0.2, 0.25) is 0 Å². The van der Waals surface area contributed by atoms with Gasteiger partial charge in [0.05, 0.1) is 16.7 Å². The van der Waals surface area contributed by atoms with Crippen molar-refractivity contribution in [2.24, 2.45) is 0 Å². The molecule has 0 saturated carbocycles.